The van der Waals surface area contributed by atoms with E-state index in [0.717, 1.165) is 6.07 Å². The molecule has 0 radical (unpaired) electrons. The summed E-state index contributed by atoms with van der Waals surface area (Å²) in [7, 11) is 1.22. The Morgan fingerprint density at radius 3 is 2.75 bits per heavy atom. The average molecular weight is 250 g/mol. The van der Waals surface area contributed by atoms with E-state index in [1.165, 1.54) is 14.0 Å². The van der Waals surface area contributed by atoms with Crippen LogP contribution >= 0.6 is 11.6 Å². The highest BCUT2D eigenvalue weighted by atomic mass is 35.5. The summed E-state index contributed by atoms with van der Waals surface area (Å²) >= 11 is 5.86. The highest BCUT2D eigenvalue weighted by Gasteiger charge is 2.16. The van der Waals surface area contributed by atoms with Crippen molar-refractivity contribution in [3.05, 3.63) is 28.0 Å². The van der Waals surface area contributed by atoms with Gasteiger partial charge in [-0.15, -0.1) is 0 Å². The predicted molar refractivity (Wildman–Crippen MR) is 54.7 cm³/mol. The Hall–Kier alpha value is -1.23. The largest absolute Gasteiger partial charge is 0.469 e. The lowest BCUT2D eigenvalue weighted by Gasteiger charge is -2.08. The molecule has 0 aliphatic carbocycles. The fourth-order valence-electron chi connectivity index (χ4n) is 1.22. The van der Waals surface area contributed by atoms with Gasteiger partial charge in [-0.3, -0.25) is 9.78 Å². The molecule has 1 aromatic rings. The molecular formula is C10H10ClF2NO2. The fraction of sp³-hybridized carbons (Fsp3) is 0.400. The van der Waals surface area contributed by atoms with Crippen molar-refractivity contribution in [3.63, 3.8) is 0 Å². The molecule has 3 nitrogen and oxygen atoms in total. The zero-order valence-corrected chi connectivity index (χ0v) is 9.52. The van der Waals surface area contributed by atoms with Crippen molar-refractivity contribution in [2.75, 3.05) is 7.11 Å². The third kappa shape index (κ3) is 2.88. The molecule has 0 aliphatic rings. The Morgan fingerprint density at radius 2 is 2.25 bits per heavy atom. The number of aryl methyl sites for hydroxylation is 1. The average Bonchev–Trinajstić information content (AvgIpc) is 2.23. The number of halogens is 3. The number of hydrogen-bond donors (Lipinski definition) is 0. The zero-order valence-electron chi connectivity index (χ0n) is 8.76. The first-order chi connectivity index (χ1) is 7.45. The molecule has 0 N–H and O–H groups in total. The SMILES string of the molecule is COC(=O)Cc1cc(C(F)F)nc(C)c1Cl. The molecule has 6 heteroatoms. The van der Waals surface area contributed by atoms with Crippen LogP contribution in [-0.4, -0.2) is 18.1 Å². The number of pyridine rings is 1. The molecule has 0 spiro atoms. The summed E-state index contributed by atoms with van der Waals surface area (Å²) in [5.41, 5.74) is 0.190. The zero-order chi connectivity index (χ0) is 12.3. The minimum atomic E-state index is -2.69. The Kier molecular flexibility index (Phi) is 4.18. The van der Waals surface area contributed by atoms with Gasteiger partial charge in [-0.2, -0.15) is 0 Å². The van der Waals surface area contributed by atoms with E-state index in [-0.39, 0.29) is 22.8 Å². The third-order valence-corrected chi connectivity index (χ3v) is 2.52. The fourth-order valence-corrected chi connectivity index (χ4v) is 1.38. The molecule has 0 atom stereocenters. The van der Waals surface area contributed by atoms with Crippen molar-refractivity contribution in [1.82, 2.24) is 4.98 Å². The molecule has 0 saturated carbocycles. The lowest BCUT2D eigenvalue weighted by molar-refractivity contribution is -0.139. The van der Waals surface area contributed by atoms with Gasteiger partial charge in [0.15, 0.2) is 0 Å². The van der Waals surface area contributed by atoms with Gasteiger partial charge >= 0.3 is 5.97 Å². The number of ether oxygens (including phenoxy) is 1. The van der Waals surface area contributed by atoms with Crippen molar-refractivity contribution in [3.8, 4) is 0 Å². The van der Waals surface area contributed by atoms with Crippen LogP contribution in [0.3, 0.4) is 0 Å². The van der Waals surface area contributed by atoms with Crippen LogP contribution in [0.1, 0.15) is 23.4 Å². The number of hydrogen-bond acceptors (Lipinski definition) is 3. The van der Waals surface area contributed by atoms with Gasteiger partial charge in [-0.1, -0.05) is 11.6 Å². The second-order valence-corrected chi connectivity index (χ2v) is 3.54. The first-order valence-corrected chi connectivity index (χ1v) is 4.84. The summed E-state index contributed by atoms with van der Waals surface area (Å²) in [6.07, 6.45) is -2.83. The van der Waals surface area contributed by atoms with Crippen LogP contribution in [0.15, 0.2) is 6.07 Å². The summed E-state index contributed by atoms with van der Waals surface area (Å²) in [6, 6.07) is 1.12. The molecule has 0 aliphatic heterocycles. The molecule has 0 amide bonds. The lowest BCUT2D eigenvalue weighted by Crippen LogP contribution is -2.07. The molecule has 0 unspecified atom stereocenters. The number of alkyl halides is 2. The summed E-state index contributed by atoms with van der Waals surface area (Å²) in [6.45, 7) is 1.51. The van der Waals surface area contributed by atoms with Crippen molar-refractivity contribution in [1.29, 1.82) is 0 Å². The Bertz CT molecular complexity index is 410. The number of esters is 1. The number of aromatic nitrogens is 1. The van der Waals surface area contributed by atoms with Crippen LogP contribution in [0.25, 0.3) is 0 Å². The molecule has 1 aromatic heterocycles. The summed E-state index contributed by atoms with van der Waals surface area (Å²) in [4.78, 5) is 14.7. The monoisotopic (exact) mass is 249 g/mol. The van der Waals surface area contributed by atoms with Crippen molar-refractivity contribution in [2.24, 2.45) is 0 Å². The Morgan fingerprint density at radius 1 is 1.62 bits per heavy atom. The molecule has 0 saturated heterocycles. The quantitative estimate of drug-likeness (QED) is 0.773. The molecule has 1 heterocycles. The molecular weight excluding hydrogens is 240 g/mol. The van der Waals surface area contributed by atoms with Crippen LogP contribution in [0.5, 0.6) is 0 Å². The van der Waals surface area contributed by atoms with E-state index in [1.807, 2.05) is 0 Å². The number of rotatable bonds is 3. The maximum atomic E-state index is 12.5. The minimum absolute atomic E-state index is 0.140. The topological polar surface area (TPSA) is 39.2 Å². The van der Waals surface area contributed by atoms with E-state index in [0.29, 0.717) is 5.56 Å². The molecule has 0 aromatic carbocycles. The first-order valence-electron chi connectivity index (χ1n) is 4.46. The van der Waals surface area contributed by atoms with E-state index >= 15 is 0 Å². The second-order valence-electron chi connectivity index (χ2n) is 3.16. The molecule has 16 heavy (non-hydrogen) atoms. The maximum absolute atomic E-state index is 12.5. The summed E-state index contributed by atoms with van der Waals surface area (Å²) in [5, 5.41) is 0.217. The van der Waals surface area contributed by atoms with Crippen molar-refractivity contribution < 1.29 is 18.3 Å². The van der Waals surface area contributed by atoms with Crippen LogP contribution in [-0.2, 0) is 16.0 Å². The Labute approximate surface area is 96.4 Å². The van der Waals surface area contributed by atoms with Crippen LogP contribution < -0.4 is 0 Å². The smallest absolute Gasteiger partial charge is 0.310 e. The predicted octanol–water partition coefficient (Wildman–Crippen LogP) is 2.70. The molecule has 88 valence electrons. The molecule has 0 fully saturated rings. The number of methoxy groups -OCH3 is 1. The van der Waals surface area contributed by atoms with Crippen LogP contribution in [0, 0.1) is 6.92 Å². The van der Waals surface area contributed by atoms with Crippen LogP contribution in [0.2, 0.25) is 5.02 Å². The summed E-state index contributed by atoms with van der Waals surface area (Å²) < 4.78 is 29.4. The van der Waals surface area contributed by atoms with E-state index in [4.69, 9.17) is 11.6 Å². The number of carbonyl (C=O) groups excluding carboxylic acids is 1. The van der Waals surface area contributed by atoms with Gasteiger partial charge in [0.2, 0.25) is 0 Å². The lowest BCUT2D eigenvalue weighted by atomic mass is 10.1. The summed E-state index contributed by atoms with van der Waals surface area (Å²) in [5.74, 6) is -0.535. The first kappa shape index (κ1) is 12.8. The third-order valence-electron chi connectivity index (χ3n) is 2.00. The van der Waals surface area contributed by atoms with Gasteiger partial charge in [0.25, 0.3) is 6.43 Å². The van der Waals surface area contributed by atoms with Crippen molar-refractivity contribution >= 4 is 17.6 Å². The van der Waals surface area contributed by atoms with E-state index in [2.05, 4.69) is 9.72 Å². The maximum Gasteiger partial charge on any atom is 0.310 e. The highest BCUT2D eigenvalue weighted by Crippen LogP contribution is 2.25. The second kappa shape index (κ2) is 5.21. The van der Waals surface area contributed by atoms with Gasteiger partial charge in [0.1, 0.15) is 5.69 Å². The minimum Gasteiger partial charge on any atom is -0.469 e. The van der Waals surface area contributed by atoms with Gasteiger partial charge in [-0.05, 0) is 18.6 Å². The molecule has 1 rings (SSSR count). The van der Waals surface area contributed by atoms with Crippen LogP contribution in [0.4, 0.5) is 8.78 Å². The normalized spacial score (nSPS) is 10.6. The van der Waals surface area contributed by atoms with E-state index in [9.17, 15) is 13.6 Å². The van der Waals surface area contributed by atoms with E-state index < -0.39 is 12.4 Å². The number of carbonyl (C=O) groups is 1. The van der Waals surface area contributed by atoms with E-state index in [1.54, 1.807) is 0 Å². The standard InChI is InChI=1S/C10H10ClF2NO2/c1-5-9(11)6(4-8(15)16-2)3-7(14-5)10(12)13/h3,10H,4H2,1-2H3. The van der Waals surface area contributed by atoms with Crippen molar-refractivity contribution in [2.45, 2.75) is 19.8 Å². The van der Waals surface area contributed by atoms with Gasteiger partial charge < -0.3 is 4.74 Å². The highest BCUT2D eigenvalue weighted by molar-refractivity contribution is 6.32. The number of nitrogens with zero attached hydrogens (tertiary/aromatic N) is 1. The van der Waals surface area contributed by atoms with Gasteiger partial charge in [0, 0.05) is 0 Å². The molecule has 0 bridgehead atoms. The van der Waals surface area contributed by atoms with Gasteiger partial charge in [0.05, 0.1) is 24.2 Å². The van der Waals surface area contributed by atoms with Gasteiger partial charge in [-0.25, -0.2) is 8.78 Å². The Balaban J connectivity index is 3.11.